The molecule has 6 nitrogen and oxygen atoms in total. The van der Waals surface area contributed by atoms with E-state index in [-0.39, 0.29) is 0 Å². The fourth-order valence-electron chi connectivity index (χ4n) is 2.50. The van der Waals surface area contributed by atoms with Crippen molar-refractivity contribution in [3.63, 3.8) is 0 Å². The Morgan fingerprint density at radius 1 is 1.29 bits per heavy atom. The molecule has 0 radical (unpaired) electrons. The molecule has 2 N–H and O–H groups in total. The van der Waals surface area contributed by atoms with Gasteiger partial charge >= 0.3 is 0 Å². The fraction of sp³-hybridized carbons (Fsp3) is 0.400. The van der Waals surface area contributed by atoms with Crippen molar-refractivity contribution in [2.24, 2.45) is 0 Å². The van der Waals surface area contributed by atoms with Crippen molar-refractivity contribution >= 4 is 16.7 Å². The zero-order valence-electron chi connectivity index (χ0n) is 12.5. The summed E-state index contributed by atoms with van der Waals surface area (Å²) >= 11 is 0. The number of anilines is 1. The van der Waals surface area contributed by atoms with Gasteiger partial charge in [0.2, 0.25) is 5.89 Å². The minimum absolute atomic E-state index is 0.339. The minimum atomic E-state index is 0.339. The first-order chi connectivity index (χ1) is 10.0. The largest absolute Gasteiger partial charge is 0.399 e. The summed E-state index contributed by atoms with van der Waals surface area (Å²) in [6.45, 7) is 6.84. The topological polar surface area (TPSA) is 82.8 Å². The van der Waals surface area contributed by atoms with E-state index >= 15 is 0 Å². The number of nitrogens with zero attached hydrogens (tertiary/aromatic N) is 4. The molecule has 0 amide bonds. The van der Waals surface area contributed by atoms with E-state index < -0.39 is 0 Å². The molecule has 6 heteroatoms. The molecule has 110 valence electrons. The van der Waals surface area contributed by atoms with Gasteiger partial charge in [-0.2, -0.15) is 4.98 Å². The lowest BCUT2D eigenvalue weighted by atomic mass is 10.2. The molecule has 2 aromatic heterocycles. The molecule has 0 fully saturated rings. The summed E-state index contributed by atoms with van der Waals surface area (Å²) in [5.74, 6) is 2.71. The monoisotopic (exact) mass is 285 g/mol. The van der Waals surface area contributed by atoms with E-state index in [0.29, 0.717) is 18.2 Å². The standard InChI is InChI=1S/C15H19N5O/c1-9(2)15-18-12-8-11(16)4-5-13(12)20(15)7-6-14-17-10(3)21-19-14/h4-5,8-9H,6-7,16H2,1-3H3. The van der Waals surface area contributed by atoms with Crippen LogP contribution in [0, 0.1) is 6.92 Å². The third kappa shape index (κ3) is 2.61. The van der Waals surface area contributed by atoms with Gasteiger partial charge in [0, 0.05) is 31.5 Å². The summed E-state index contributed by atoms with van der Waals surface area (Å²) in [6.07, 6.45) is 0.715. The Morgan fingerprint density at radius 3 is 2.76 bits per heavy atom. The van der Waals surface area contributed by atoms with Gasteiger partial charge in [-0.1, -0.05) is 19.0 Å². The van der Waals surface area contributed by atoms with Gasteiger partial charge in [0.15, 0.2) is 5.82 Å². The molecule has 0 spiro atoms. The van der Waals surface area contributed by atoms with E-state index in [1.54, 1.807) is 6.92 Å². The van der Waals surface area contributed by atoms with Gasteiger partial charge in [0.05, 0.1) is 11.0 Å². The Kier molecular flexibility index (Phi) is 3.37. The number of aryl methyl sites for hydroxylation is 3. The van der Waals surface area contributed by atoms with Crippen molar-refractivity contribution in [3.8, 4) is 0 Å². The lowest BCUT2D eigenvalue weighted by molar-refractivity contribution is 0.386. The van der Waals surface area contributed by atoms with Crippen molar-refractivity contribution in [2.75, 3.05) is 5.73 Å². The summed E-state index contributed by atoms with van der Waals surface area (Å²) in [6, 6.07) is 5.84. The summed E-state index contributed by atoms with van der Waals surface area (Å²) in [5.41, 5.74) is 8.60. The molecule has 3 aromatic rings. The maximum absolute atomic E-state index is 5.85. The molecule has 1 aromatic carbocycles. The first kappa shape index (κ1) is 13.6. The molecule has 2 heterocycles. The van der Waals surface area contributed by atoms with E-state index in [1.807, 2.05) is 18.2 Å². The van der Waals surface area contributed by atoms with Crippen LogP contribution in [0.4, 0.5) is 5.69 Å². The highest BCUT2D eigenvalue weighted by Crippen LogP contribution is 2.23. The summed E-state index contributed by atoms with van der Waals surface area (Å²) < 4.78 is 7.23. The van der Waals surface area contributed by atoms with Gasteiger partial charge in [-0.3, -0.25) is 0 Å². The van der Waals surface area contributed by atoms with Crippen LogP contribution in [0.5, 0.6) is 0 Å². The molecule has 0 atom stereocenters. The van der Waals surface area contributed by atoms with Crippen LogP contribution in [-0.4, -0.2) is 19.7 Å². The summed E-state index contributed by atoms with van der Waals surface area (Å²) in [7, 11) is 0. The Morgan fingerprint density at radius 2 is 2.10 bits per heavy atom. The Balaban J connectivity index is 1.97. The van der Waals surface area contributed by atoms with Crippen LogP contribution in [0.15, 0.2) is 22.7 Å². The number of nitrogen functional groups attached to an aromatic ring is 1. The number of nitrogens with two attached hydrogens (primary N) is 1. The van der Waals surface area contributed by atoms with Crippen LogP contribution >= 0.6 is 0 Å². The second-order valence-electron chi connectivity index (χ2n) is 5.50. The number of benzene rings is 1. The SMILES string of the molecule is Cc1nc(CCn2c(C(C)C)nc3cc(N)ccc32)no1. The van der Waals surface area contributed by atoms with Crippen LogP contribution in [0.1, 0.15) is 37.3 Å². The van der Waals surface area contributed by atoms with Crippen molar-refractivity contribution in [2.45, 2.75) is 39.7 Å². The number of hydrogen-bond donors (Lipinski definition) is 1. The van der Waals surface area contributed by atoms with Crippen LogP contribution in [0.25, 0.3) is 11.0 Å². The van der Waals surface area contributed by atoms with Gasteiger partial charge in [0.25, 0.3) is 0 Å². The van der Waals surface area contributed by atoms with Gasteiger partial charge in [-0.15, -0.1) is 0 Å². The second-order valence-corrected chi connectivity index (χ2v) is 5.50. The Bertz CT molecular complexity index is 772. The molecule has 0 unspecified atom stereocenters. The van der Waals surface area contributed by atoms with Crippen LogP contribution < -0.4 is 5.73 Å². The summed E-state index contributed by atoms with van der Waals surface area (Å²) in [5, 5.41) is 3.94. The summed E-state index contributed by atoms with van der Waals surface area (Å²) in [4.78, 5) is 8.96. The quantitative estimate of drug-likeness (QED) is 0.745. The van der Waals surface area contributed by atoms with E-state index in [2.05, 4.69) is 28.6 Å². The highest BCUT2D eigenvalue weighted by molar-refractivity contribution is 5.79. The molecule has 0 saturated heterocycles. The number of imidazole rings is 1. The average Bonchev–Trinajstić information content (AvgIpc) is 2.99. The minimum Gasteiger partial charge on any atom is -0.399 e. The lowest BCUT2D eigenvalue weighted by Crippen LogP contribution is -2.08. The second kappa shape index (κ2) is 5.20. The maximum Gasteiger partial charge on any atom is 0.223 e. The number of rotatable bonds is 4. The number of hydrogen-bond acceptors (Lipinski definition) is 5. The lowest BCUT2D eigenvalue weighted by Gasteiger charge is -2.10. The van der Waals surface area contributed by atoms with Gasteiger partial charge in [-0.25, -0.2) is 4.98 Å². The Labute approximate surface area is 123 Å². The van der Waals surface area contributed by atoms with E-state index in [4.69, 9.17) is 15.2 Å². The zero-order chi connectivity index (χ0) is 15.0. The van der Waals surface area contributed by atoms with Crippen LogP contribution in [0.2, 0.25) is 0 Å². The van der Waals surface area contributed by atoms with Gasteiger partial charge in [0.1, 0.15) is 5.82 Å². The first-order valence-electron chi connectivity index (χ1n) is 7.09. The van der Waals surface area contributed by atoms with Crippen LogP contribution in [0.3, 0.4) is 0 Å². The smallest absolute Gasteiger partial charge is 0.223 e. The van der Waals surface area contributed by atoms with Crippen molar-refractivity contribution in [3.05, 3.63) is 35.7 Å². The third-order valence-corrected chi connectivity index (χ3v) is 3.45. The van der Waals surface area contributed by atoms with Gasteiger partial charge < -0.3 is 14.8 Å². The predicted molar refractivity (Wildman–Crippen MR) is 81.0 cm³/mol. The van der Waals surface area contributed by atoms with E-state index in [9.17, 15) is 0 Å². The molecule has 0 aliphatic carbocycles. The van der Waals surface area contributed by atoms with Crippen molar-refractivity contribution in [1.82, 2.24) is 19.7 Å². The zero-order valence-corrected chi connectivity index (χ0v) is 12.5. The number of fused-ring (bicyclic) bond motifs is 1. The normalized spacial score (nSPS) is 11.6. The molecule has 0 aliphatic rings. The fourth-order valence-corrected chi connectivity index (χ4v) is 2.50. The Hall–Kier alpha value is -2.37. The molecular weight excluding hydrogens is 266 g/mol. The third-order valence-electron chi connectivity index (χ3n) is 3.45. The van der Waals surface area contributed by atoms with Crippen molar-refractivity contribution in [1.29, 1.82) is 0 Å². The molecule has 0 bridgehead atoms. The van der Waals surface area contributed by atoms with Gasteiger partial charge in [-0.05, 0) is 18.2 Å². The molecule has 0 saturated carbocycles. The van der Waals surface area contributed by atoms with E-state index in [1.165, 1.54) is 0 Å². The predicted octanol–water partition coefficient (Wildman–Crippen LogP) is 2.68. The molecule has 21 heavy (non-hydrogen) atoms. The average molecular weight is 285 g/mol. The molecule has 0 aliphatic heterocycles. The molecule has 3 rings (SSSR count). The van der Waals surface area contributed by atoms with Crippen LogP contribution in [-0.2, 0) is 13.0 Å². The highest BCUT2D eigenvalue weighted by Gasteiger charge is 2.14. The highest BCUT2D eigenvalue weighted by atomic mass is 16.5. The van der Waals surface area contributed by atoms with Crippen molar-refractivity contribution < 1.29 is 4.52 Å². The molecular formula is C15H19N5O. The van der Waals surface area contributed by atoms with E-state index in [0.717, 1.165) is 34.9 Å². The number of aromatic nitrogens is 4. The first-order valence-corrected chi connectivity index (χ1v) is 7.09. The maximum atomic E-state index is 5.85.